The third kappa shape index (κ3) is 1.94. The van der Waals surface area contributed by atoms with Crippen molar-refractivity contribution in [3.05, 3.63) is 41.0 Å². The van der Waals surface area contributed by atoms with Crippen LogP contribution in [0.25, 0.3) is 0 Å². The van der Waals surface area contributed by atoms with Crippen LogP contribution in [0.2, 0.25) is 0 Å². The summed E-state index contributed by atoms with van der Waals surface area (Å²) in [5.41, 5.74) is 1.62. The number of hydrogen-bond donors (Lipinski definition) is 1. The van der Waals surface area contributed by atoms with Crippen molar-refractivity contribution in [2.24, 2.45) is 0 Å². The summed E-state index contributed by atoms with van der Waals surface area (Å²) in [6.45, 7) is 0. The highest BCUT2D eigenvalue weighted by Crippen LogP contribution is 2.08. The van der Waals surface area contributed by atoms with Crippen LogP contribution >= 0.6 is 11.3 Å². The van der Waals surface area contributed by atoms with E-state index < -0.39 is 0 Å². The van der Waals surface area contributed by atoms with Gasteiger partial charge in [0.25, 0.3) is 5.91 Å². The molecule has 0 spiro atoms. The van der Waals surface area contributed by atoms with Gasteiger partial charge in [0.2, 0.25) is 0 Å². The molecule has 14 heavy (non-hydrogen) atoms. The first-order valence-electron chi connectivity index (χ1n) is 3.97. The van der Waals surface area contributed by atoms with Gasteiger partial charge in [-0.25, -0.2) is 4.98 Å². The number of thiazole rings is 1. The number of nitrogens with zero attached hydrogens (tertiary/aromatic N) is 2. The summed E-state index contributed by atoms with van der Waals surface area (Å²) in [5, 5.41) is 2.66. The number of carbonyl (C=O) groups excluding carboxylic acids is 1. The van der Waals surface area contributed by atoms with Crippen LogP contribution in [0.15, 0.2) is 36.1 Å². The monoisotopic (exact) mass is 205 g/mol. The van der Waals surface area contributed by atoms with Crippen LogP contribution in [-0.4, -0.2) is 15.9 Å². The molecule has 0 aliphatic carbocycles. The maximum Gasteiger partial charge on any atom is 0.268 e. The lowest BCUT2D eigenvalue weighted by atomic mass is 10.4. The minimum Gasteiger partial charge on any atom is -0.306 e. The smallest absolute Gasteiger partial charge is 0.268 e. The normalized spacial score (nSPS) is 9.71. The zero-order valence-corrected chi connectivity index (χ0v) is 7.99. The van der Waals surface area contributed by atoms with Gasteiger partial charge in [-0.1, -0.05) is 6.07 Å². The van der Waals surface area contributed by atoms with Gasteiger partial charge in [-0.3, -0.25) is 9.78 Å². The largest absolute Gasteiger partial charge is 0.306 e. The Balaban J connectivity index is 2.10. The zero-order chi connectivity index (χ0) is 9.80. The van der Waals surface area contributed by atoms with Crippen molar-refractivity contribution in [3.8, 4) is 0 Å². The van der Waals surface area contributed by atoms with Gasteiger partial charge < -0.3 is 5.32 Å². The van der Waals surface area contributed by atoms with Gasteiger partial charge in [0.1, 0.15) is 10.7 Å². The Hall–Kier alpha value is -1.75. The van der Waals surface area contributed by atoms with E-state index in [0.717, 1.165) is 0 Å². The first kappa shape index (κ1) is 8.83. The Kier molecular flexibility index (Phi) is 2.51. The molecule has 0 saturated heterocycles. The molecular formula is C9H7N3OS. The van der Waals surface area contributed by atoms with E-state index in [1.165, 1.54) is 17.5 Å². The van der Waals surface area contributed by atoms with E-state index in [4.69, 9.17) is 0 Å². The summed E-state index contributed by atoms with van der Waals surface area (Å²) >= 11 is 1.30. The van der Waals surface area contributed by atoms with E-state index >= 15 is 0 Å². The number of pyridine rings is 1. The third-order valence-corrected chi connectivity index (χ3v) is 2.33. The van der Waals surface area contributed by atoms with E-state index in [1.807, 2.05) is 6.07 Å². The molecule has 0 radical (unpaired) electrons. The molecule has 5 heteroatoms. The summed E-state index contributed by atoms with van der Waals surface area (Å²) in [7, 11) is 0. The lowest BCUT2D eigenvalue weighted by Crippen LogP contribution is -2.10. The van der Waals surface area contributed by atoms with Crippen LogP contribution in [0, 0.1) is 0 Å². The van der Waals surface area contributed by atoms with Crippen molar-refractivity contribution < 1.29 is 4.79 Å². The summed E-state index contributed by atoms with van der Waals surface area (Å²) in [6.07, 6.45) is 3.16. The molecule has 0 aliphatic rings. The van der Waals surface area contributed by atoms with Crippen LogP contribution in [0.4, 0.5) is 5.82 Å². The van der Waals surface area contributed by atoms with Crippen LogP contribution in [0.3, 0.4) is 0 Å². The molecule has 2 aromatic rings. The van der Waals surface area contributed by atoms with Gasteiger partial charge in [-0.15, -0.1) is 11.3 Å². The average Bonchev–Trinajstić information content (AvgIpc) is 2.72. The van der Waals surface area contributed by atoms with Crippen molar-refractivity contribution in [1.82, 2.24) is 9.97 Å². The Morgan fingerprint density at radius 3 is 3.00 bits per heavy atom. The average molecular weight is 205 g/mol. The first-order chi connectivity index (χ1) is 6.86. The summed E-state index contributed by atoms with van der Waals surface area (Å²) in [4.78, 5) is 19.9. The van der Waals surface area contributed by atoms with E-state index in [0.29, 0.717) is 10.7 Å². The van der Waals surface area contributed by atoms with Crippen LogP contribution in [0.5, 0.6) is 0 Å². The second-order valence-corrected chi connectivity index (χ2v) is 3.42. The highest BCUT2D eigenvalue weighted by atomic mass is 32.1. The van der Waals surface area contributed by atoms with Crippen LogP contribution < -0.4 is 5.32 Å². The standard InChI is InChI=1S/C9H7N3OS/c13-9(7-5-10-6-14-7)12-8-3-1-2-4-11-8/h1-6H,(H,11,12,13). The Morgan fingerprint density at radius 2 is 2.36 bits per heavy atom. The summed E-state index contributed by atoms with van der Waals surface area (Å²) in [6, 6.07) is 5.34. The van der Waals surface area contributed by atoms with Gasteiger partial charge in [0.15, 0.2) is 0 Å². The first-order valence-corrected chi connectivity index (χ1v) is 4.85. The molecule has 1 amide bonds. The molecule has 70 valence electrons. The second kappa shape index (κ2) is 3.97. The highest BCUT2D eigenvalue weighted by Gasteiger charge is 2.06. The lowest BCUT2D eigenvalue weighted by Gasteiger charge is -2.00. The molecular weight excluding hydrogens is 198 g/mol. The number of carbonyl (C=O) groups is 1. The molecule has 0 aromatic carbocycles. The van der Waals surface area contributed by atoms with Gasteiger partial charge in [0, 0.05) is 6.20 Å². The molecule has 4 nitrogen and oxygen atoms in total. The van der Waals surface area contributed by atoms with Crippen molar-refractivity contribution in [2.75, 3.05) is 5.32 Å². The Morgan fingerprint density at radius 1 is 1.43 bits per heavy atom. The molecule has 0 atom stereocenters. The van der Waals surface area contributed by atoms with E-state index in [-0.39, 0.29) is 5.91 Å². The van der Waals surface area contributed by atoms with Gasteiger partial charge in [-0.2, -0.15) is 0 Å². The molecule has 2 aromatic heterocycles. The van der Waals surface area contributed by atoms with Crippen molar-refractivity contribution in [3.63, 3.8) is 0 Å². The maximum absolute atomic E-state index is 11.5. The fourth-order valence-electron chi connectivity index (χ4n) is 0.943. The molecule has 0 aliphatic heterocycles. The number of rotatable bonds is 2. The van der Waals surface area contributed by atoms with E-state index in [1.54, 1.807) is 23.8 Å². The van der Waals surface area contributed by atoms with Gasteiger partial charge in [0.05, 0.1) is 11.7 Å². The quantitative estimate of drug-likeness (QED) is 0.813. The zero-order valence-electron chi connectivity index (χ0n) is 7.18. The fraction of sp³-hybridized carbons (Fsp3) is 0. The molecule has 2 heterocycles. The van der Waals surface area contributed by atoms with Crippen LogP contribution in [-0.2, 0) is 0 Å². The predicted octanol–water partition coefficient (Wildman–Crippen LogP) is 1.79. The van der Waals surface area contributed by atoms with E-state index in [9.17, 15) is 4.79 Å². The summed E-state index contributed by atoms with van der Waals surface area (Å²) < 4.78 is 0. The number of nitrogens with one attached hydrogen (secondary N) is 1. The number of amides is 1. The Labute approximate surface area is 84.6 Å². The van der Waals surface area contributed by atoms with Crippen molar-refractivity contribution in [2.45, 2.75) is 0 Å². The van der Waals surface area contributed by atoms with E-state index in [2.05, 4.69) is 15.3 Å². The number of hydrogen-bond acceptors (Lipinski definition) is 4. The predicted molar refractivity (Wildman–Crippen MR) is 54.3 cm³/mol. The van der Waals surface area contributed by atoms with Crippen LogP contribution in [0.1, 0.15) is 9.67 Å². The number of anilines is 1. The molecule has 2 rings (SSSR count). The maximum atomic E-state index is 11.5. The van der Waals surface area contributed by atoms with Crippen molar-refractivity contribution >= 4 is 23.1 Å². The Bertz CT molecular complexity index is 413. The minimum absolute atomic E-state index is 0.175. The van der Waals surface area contributed by atoms with Gasteiger partial charge in [-0.05, 0) is 12.1 Å². The van der Waals surface area contributed by atoms with Gasteiger partial charge >= 0.3 is 0 Å². The molecule has 0 bridgehead atoms. The number of aromatic nitrogens is 2. The molecule has 1 N–H and O–H groups in total. The minimum atomic E-state index is -0.175. The summed E-state index contributed by atoms with van der Waals surface area (Å²) in [5.74, 6) is 0.372. The highest BCUT2D eigenvalue weighted by molar-refractivity contribution is 7.11. The lowest BCUT2D eigenvalue weighted by molar-refractivity contribution is 0.103. The molecule has 0 fully saturated rings. The molecule has 0 unspecified atom stereocenters. The second-order valence-electron chi connectivity index (χ2n) is 2.53. The third-order valence-electron chi connectivity index (χ3n) is 1.56. The fourth-order valence-corrected chi connectivity index (χ4v) is 1.46. The van der Waals surface area contributed by atoms with Crippen molar-refractivity contribution in [1.29, 1.82) is 0 Å². The SMILES string of the molecule is O=C(Nc1ccccn1)c1cncs1. The topological polar surface area (TPSA) is 54.9 Å². The molecule has 0 saturated carbocycles.